The van der Waals surface area contributed by atoms with Crippen molar-refractivity contribution < 1.29 is 4.79 Å². The molecule has 1 aliphatic heterocycles. The highest BCUT2D eigenvalue weighted by molar-refractivity contribution is 5.79. The summed E-state index contributed by atoms with van der Waals surface area (Å²) in [7, 11) is 0. The highest BCUT2D eigenvalue weighted by Crippen LogP contribution is 2.41. The summed E-state index contributed by atoms with van der Waals surface area (Å²) >= 11 is 0. The molecule has 12 heavy (non-hydrogen) atoms. The Morgan fingerprint density at radius 1 is 1.00 bits per heavy atom. The van der Waals surface area contributed by atoms with Crippen LogP contribution in [0.1, 0.15) is 38.5 Å². The SMILES string of the molecule is O=C1CCC2(CCNCC2)CC1. The van der Waals surface area contributed by atoms with Crippen molar-refractivity contribution in [3.8, 4) is 0 Å². The highest BCUT2D eigenvalue weighted by Gasteiger charge is 2.35. The smallest absolute Gasteiger partial charge is 0.132 e. The van der Waals surface area contributed by atoms with Gasteiger partial charge in [-0.05, 0) is 44.2 Å². The molecule has 1 saturated carbocycles. The van der Waals surface area contributed by atoms with Crippen LogP contribution in [-0.2, 0) is 4.79 Å². The van der Waals surface area contributed by atoms with Crippen molar-refractivity contribution in [2.24, 2.45) is 5.41 Å². The van der Waals surface area contributed by atoms with E-state index < -0.39 is 0 Å². The molecule has 0 radical (unpaired) electrons. The normalized spacial score (nSPS) is 29.2. The van der Waals surface area contributed by atoms with Crippen LogP contribution in [0.2, 0.25) is 0 Å². The van der Waals surface area contributed by atoms with Crippen molar-refractivity contribution in [1.29, 1.82) is 0 Å². The van der Waals surface area contributed by atoms with E-state index in [1.165, 1.54) is 12.8 Å². The molecule has 1 spiro atoms. The minimum Gasteiger partial charge on any atom is -0.317 e. The molecule has 1 aliphatic carbocycles. The van der Waals surface area contributed by atoms with E-state index in [-0.39, 0.29) is 0 Å². The Bertz CT molecular complexity index is 170. The summed E-state index contributed by atoms with van der Waals surface area (Å²) in [5.41, 5.74) is 0.555. The average Bonchev–Trinajstić information content (AvgIpc) is 2.13. The van der Waals surface area contributed by atoms with E-state index in [4.69, 9.17) is 0 Å². The van der Waals surface area contributed by atoms with Gasteiger partial charge in [0.2, 0.25) is 0 Å². The quantitative estimate of drug-likeness (QED) is 0.592. The van der Waals surface area contributed by atoms with Crippen LogP contribution in [0.4, 0.5) is 0 Å². The molecule has 2 heteroatoms. The van der Waals surface area contributed by atoms with Gasteiger partial charge >= 0.3 is 0 Å². The van der Waals surface area contributed by atoms with E-state index in [0.717, 1.165) is 38.8 Å². The average molecular weight is 167 g/mol. The maximum absolute atomic E-state index is 11.1. The van der Waals surface area contributed by atoms with Gasteiger partial charge in [-0.3, -0.25) is 4.79 Å². The molecule has 0 atom stereocenters. The van der Waals surface area contributed by atoms with Gasteiger partial charge < -0.3 is 5.32 Å². The fourth-order valence-corrected chi connectivity index (χ4v) is 2.52. The van der Waals surface area contributed by atoms with Crippen molar-refractivity contribution >= 4 is 5.78 Å². The third-order valence-electron chi connectivity index (χ3n) is 3.53. The first kappa shape index (κ1) is 8.24. The number of Topliss-reactive ketones (excluding diaryl/α,β-unsaturated/α-hetero) is 1. The molecule has 0 amide bonds. The van der Waals surface area contributed by atoms with Crippen molar-refractivity contribution in [3.05, 3.63) is 0 Å². The molecule has 68 valence electrons. The first-order valence-electron chi connectivity index (χ1n) is 5.03. The molecule has 0 bridgehead atoms. The molecule has 2 aliphatic rings. The number of hydrogen-bond donors (Lipinski definition) is 1. The summed E-state index contributed by atoms with van der Waals surface area (Å²) < 4.78 is 0. The van der Waals surface area contributed by atoms with Gasteiger partial charge in [0.05, 0.1) is 0 Å². The Kier molecular flexibility index (Phi) is 2.18. The van der Waals surface area contributed by atoms with E-state index in [0.29, 0.717) is 11.2 Å². The molecule has 1 saturated heterocycles. The van der Waals surface area contributed by atoms with Gasteiger partial charge in [-0.1, -0.05) is 0 Å². The number of hydrogen-bond acceptors (Lipinski definition) is 2. The fourth-order valence-electron chi connectivity index (χ4n) is 2.52. The maximum Gasteiger partial charge on any atom is 0.132 e. The lowest BCUT2D eigenvalue weighted by atomic mass is 9.68. The van der Waals surface area contributed by atoms with Crippen LogP contribution in [0, 0.1) is 5.41 Å². The topological polar surface area (TPSA) is 29.1 Å². The predicted molar refractivity (Wildman–Crippen MR) is 48.0 cm³/mol. The molecular weight excluding hydrogens is 150 g/mol. The first-order valence-corrected chi connectivity index (χ1v) is 5.03. The number of ketones is 1. The molecule has 0 aromatic heterocycles. The monoisotopic (exact) mass is 167 g/mol. The van der Waals surface area contributed by atoms with E-state index >= 15 is 0 Å². The van der Waals surface area contributed by atoms with Gasteiger partial charge in [0.25, 0.3) is 0 Å². The highest BCUT2D eigenvalue weighted by atomic mass is 16.1. The summed E-state index contributed by atoms with van der Waals surface area (Å²) in [6.07, 6.45) is 6.60. The van der Waals surface area contributed by atoms with Crippen LogP contribution in [0.25, 0.3) is 0 Å². The summed E-state index contributed by atoms with van der Waals surface area (Å²) in [6.45, 7) is 2.32. The lowest BCUT2D eigenvalue weighted by Gasteiger charge is -2.40. The Hall–Kier alpha value is -0.370. The summed E-state index contributed by atoms with van der Waals surface area (Å²) in [4.78, 5) is 11.1. The minimum absolute atomic E-state index is 0.485. The second-order valence-corrected chi connectivity index (χ2v) is 4.29. The molecule has 1 N–H and O–H groups in total. The van der Waals surface area contributed by atoms with E-state index in [9.17, 15) is 4.79 Å². The molecule has 1 heterocycles. The zero-order valence-corrected chi connectivity index (χ0v) is 7.57. The van der Waals surface area contributed by atoms with Gasteiger partial charge in [-0.25, -0.2) is 0 Å². The summed E-state index contributed by atoms with van der Waals surface area (Å²) in [5.74, 6) is 0.485. The molecule has 2 nitrogen and oxygen atoms in total. The zero-order valence-electron chi connectivity index (χ0n) is 7.57. The standard InChI is InChI=1S/C10H17NO/c12-9-1-3-10(4-2-9)5-7-11-8-6-10/h11H,1-8H2. The fraction of sp³-hybridized carbons (Fsp3) is 0.900. The van der Waals surface area contributed by atoms with Crippen LogP contribution < -0.4 is 5.32 Å². The minimum atomic E-state index is 0.485. The van der Waals surface area contributed by atoms with Crippen LogP contribution in [0.3, 0.4) is 0 Å². The zero-order chi connectivity index (χ0) is 8.44. The number of carbonyl (C=O) groups is 1. The van der Waals surface area contributed by atoms with E-state index in [1.54, 1.807) is 0 Å². The van der Waals surface area contributed by atoms with Gasteiger partial charge in [0.15, 0.2) is 0 Å². The van der Waals surface area contributed by atoms with Gasteiger partial charge in [-0.15, -0.1) is 0 Å². The third kappa shape index (κ3) is 1.53. The van der Waals surface area contributed by atoms with Crippen molar-refractivity contribution in [1.82, 2.24) is 5.32 Å². The Balaban J connectivity index is 1.96. The van der Waals surface area contributed by atoms with Crippen molar-refractivity contribution in [3.63, 3.8) is 0 Å². The molecular formula is C10H17NO. The molecule has 0 unspecified atom stereocenters. The molecule has 0 aromatic carbocycles. The Morgan fingerprint density at radius 3 is 2.17 bits per heavy atom. The van der Waals surface area contributed by atoms with Gasteiger partial charge in [0.1, 0.15) is 5.78 Å². The lowest BCUT2D eigenvalue weighted by molar-refractivity contribution is -0.122. The first-order chi connectivity index (χ1) is 5.81. The van der Waals surface area contributed by atoms with E-state index in [1.807, 2.05) is 0 Å². The second-order valence-electron chi connectivity index (χ2n) is 4.29. The molecule has 0 aromatic rings. The Labute approximate surface area is 73.7 Å². The third-order valence-corrected chi connectivity index (χ3v) is 3.53. The Morgan fingerprint density at radius 2 is 1.58 bits per heavy atom. The van der Waals surface area contributed by atoms with Crippen LogP contribution in [0.15, 0.2) is 0 Å². The summed E-state index contributed by atoms with van der Waals surface area (Å²) in [6, 6.07) is 0. The second kappa shape index (κ2) is 3.17. The van der Waals surface area contributed by atoms with Crippen molar-refractivity contribution in [2.75, 3.05) is 13.1 Å². The van der Waals surface area contributed by atoms with E-state index in [2.05, 4.69) is 5.32 Å². The number of rotatable bonds is 0. The van der Waals surface area contributed by atoms with Crippen LogP contribution in [0.5, 0.6) is 0 Å². The van der Waals surface area contributed by atoms with Crippen LogP contribution >= 0.6 is 0 Å². The van der Waals surface area contributed by atoms with Crippen molar-refractivity contribution in [2.45, 2.75) is 38.5 Å². The van der Waals surface area contributed by atoms with Crippen LogP contribution in [-0.4, -0.2) is 18.9 Å². The predicted octanol–water partition coefficient (Wildman–Crippen LogP) is 1.50. The maximum atomic E-state index is 11.1. The number of piperidine rings is 1. The number of nitrogens with one attached hydrogen (secondary N) is 1. The largest absolute Gasteiger partial charge is 0.317 e. The van der Waals surface area contributed by atoms with Gasteiger partial charge in [0, 0.05) is 12.8 Å². The molecule has 2 rings (SSSR count). The number of carbonyl (C=O) groups excluding carboxylic acids is 1. The van der Waals surface area contributed by atoms with Gasteiger partial charge in [-0.2, -0.15) is 0 Å². The lowest BCUT2D eigenvalue weighted by Crippen LogP contribution is -2.39. The summed E-state index contributed by atoms with van der Waals surface area (Å²) in [5, 5.41) is 3.38. The molecule has 2 fully saturated rings.